The molecule has 2 aliphatic carbocycles. The van der Waals surface area contributed by atoms with Gasteiger partial charge in [0, 0.05) is 0 Å². The molecule has 1 unspecified atom stereocenters. The standard InChI is InChI=1S/C30H25.2ClH.Zr/c1-19-11-13-21(27-17-23-7-3-5-9-25(23)29(19)27)15-16-22-14-12-20(2)30-26-10-6-4-8-24(26)18-28(22)30;;;/h3-15H,16-18H2,1-2H3;2*1H;/q;;;+2/p-2. The zero-order valence-corrected chi connectivity index (χ0v) is 22.9. The van der Waals surface area contributed by atoms with E-state index in [1.165, 1.54) is 66.8 Å². The van der Waals surface area contributed by atoms with Crippen LogP contribution in [0.1, 0.15) is 48.1 Å². The summed E-state index contributed by atoms with van der Waals surface area (Å²) in [6, 6.07) is 26.9. The summed E-state index contributed by atoms with van der Waals surface area (Å²) in [5.74, 6) is 0. The second-order valence-electron chi connectivity index (χ2n) is 9.43. The van der Waals surface area contributed by atoms with Gasteiger partial charge in [-0.05, 0) is 0 Å². The van der Waals surface area contributed by atoms with Crippen LogP contribution in [0.4, 0.5) is 0 Å². The molecule has 0 saturated carbocycles. The molecule has 0 nitrogen and oxygen atoms in total. The third kappa shape index (κ3) is 3.60. The summed E-state index contributed by atoms with van der Waals surface area (Å²) >= 11 is -2.64. The van der Waals surface area contributed by atoms with E-state index >= 15 is 0 Å². The Morgan fingerprint density at radius 2 is 1.24 bits per heavy atom. The molecule has 3 heteroatoms. The number of halogens is 2. The van der Waals surface area contributed by atoms with Gasteiger partial charge in [-0.15, -0.1) is 0 Å². The Morgan fingerprint density at radius 1 is 0.697 bits per heavy atom. The first-order chi connectivity index (χ1) is 16.0. The Balaban J connectivity index is 1.44. The van der Waals surface area contributed by atoms with Crippen molar-refractivity contribution in [3.8, 4) is 22.3 Å². The fourth-order valence-electron chi connectivity index (χ4n) is 5.99. The number of aryl methyl sites for hydroxylation is 2. The van der Waals surface area contributed by atoms with E-state index in [9.17, 15) is 0 Å². The maximum absolute atomic E-state index is 6.91. The molecular formula is C30H25Cl2Zr. The van der Waals surface area contributed by atoms with E-state index in [0.717, 1.165) is 19.3 Å². The van der Waals surface area contributed by atoms with Crippen molar-refractivity contribution >= 4 is 17.0 Å². The van der Waals surface area contributed by atoms with Gasteiger partial charge in [0.05, 0.1) is 0 Å². The van der Waals surface area contributed by atoms with Crippen LogP contribution in [0.5, 0.6) is 0 Å². The van der Waals surface area contributed by atoms with Crippen molar-refractivity contribution in [3.63, 3.8) is 0 Å². The zero-order valence-electron chi connectivity index (χ0n) is 18.9. The Hall–Kier alpha value is -1.66. The molecule has 4 aromatic carbocycles. The molecule has 0 saturated heterocycles. The van der Waals surface area contributed by atoms with Gasteiger partial charge in [0.2, 0.25) is 0 Å². The Morgan fingerprint density at radius 3 is 1.88 bits per heavy atom. The summed E-state index contributed by atoms with van der Waals surface area (Å²) < 4.78 is 0.245. The van der Waals surface area contributed by atoms with Gasteiger partial charge in [-0.3, -0.25) is 0 Å². The van der Waals surface area contributed by atoms with E-state index < -0.39 is 19.4 Å². The SMILES string of the molecule is Cc1ccc(C[CH](c2ccc(C)c3c2Cc2ccccc2-3)[Zr]([Cl])[Cl])c2c1-c1ccccc1C2. The Kier molecular flexibility index (Phi) is 5.65. The molecular weight excluding hydrogens is 522 g/mol. The summed E-state index contributed by atoms with van der Waals surface area (Å²) in [7, 11) is 13.8. The summed E-state index contributed by atoms with van der Waals surface area (Å²) in [5, 5.41) is 0. The van der Waals surface area contributed by atoms with Crippen molar-refractivity contribution in [3.05, 3.63) is 117 Å². The van der Waals surface area contributed by atoms with E-state index in [2.05, 4.69) is 86.6 Å². The molecule has 6 rings (SSSR count). The Labute approximate surface area is 211 Å². The molecule has 4 aromatic rings. The molecule has 0 N–H and O–H groups in total. The number of fused-ring (bicyclic) bond motifs is 6. The molecule has 2 aliphatic rings. The predicted octanol–water partition coefficient (Wildman–Crippen LogP) is 8.66. The van der Waals surface area contributed by atoms with Gasteiger partial charge in [-0.1, -0.05) is 0 Å². The molecule has 0 fully saturated rings. The monoisotopic (exact) mass is 545 g/mol. The Bertz CT molecular complexity index is 1400. The summed E-state index contributed by atoms with van der Waals surface area (Å²) in [6.45, 7) is 4.46. The van der Waals surface area contributed by atoms with Gasteiger partial charge in [0.15, 0.2) is 0 Å². The van der Waals surface area contributed by atoms with Gasteiger partial charge in [-0.25, -0.2) is 0 Å². The van der Waals surface area contributed by atoms with Crippen molar-refractivity contribution in [2.75, 3.05) is 0 Å². The number of rotatable bonds is 4. The summed E-state index contributed by atoms with van der Waals surface area (Å²) in [4.78, 5) is 0. The molecule has 0 aliphatic heterocycles. The normalized spacial score (nSPS) is 13.8. The first-order valence-corrected chi connectivity index (χ1v) is 19.4. The number of hydrogen-bond acceptors (Lipinski definition) is 0. The molecule has 1 atom stereocenters. The minimum absolute atomic E-state index is 0.245. The van der Waals surface area contributed by atoms with Crippen LogP contribution in [0.2, 0.25) is 0 Å². The van der Waals surface area contributed by atoms with E-state index in [1.807, 2.05) is 0 Å². The second-order valence-corrected chi connectivity index (χ2v) is 18.5. The van der Waals surface area contributed by atoms with Crippen molar-refractivity contribution in [1.82, 2.24) is 0 Å². The molecule has 0 bridgehead atoms. The average Bonchev–Trinajstić information content (AvgIpc) is 3.39. The van der Waals surface area contributed by atoms with Gasteiger partial charge in [-0.2, -0.15) is 0 Å². The van der Waals surface area contributed by atoms with Crippen LogP contribution >= 0.6 is 17.0 Å². The van der Waals surface area contributed by atoms with Crippen molar-refractivity contribution < 1.29 is 19.4 Å². The molecule has 0 radical (unpaired) electrons. The molecule has 0 spiro atoms. The molecule has 0 aromatic heterocycles. The fraction of sp³-hybridized carbons (Fsp3) is 0.200. The third-order valence-corrected chi connectivity index (χ3v) is 13.2. The topological polar surface area (TPSA) is 0 Å². The van der Waals surface area contributed by atoms with Crippen LogP contribution in [-0.2, 0) is 38.6 Å². The number of hydrogen-bond donors (Lipinski definition) is 0. The maximum atomic E-state index is 6.91. The van der Waals surface area contributed by atoms with Gasteiger partial charge < -0.3 is 0 Å². The second kappa shape index (κ2) is 8.53. The fourth-order valence-corrected chi connectivity index (χ4v) is 10.5. The van der Waals surface area contributed by atoms with Crippen molar-refractivity contribution in [2.45, 2.75) is 36.7 Å². The molecule has 0 heterocycles. The molecule has 163 valence electrons. The quantitative estimate of drug-likeness (QED) is 0.207. The first-order valence-electron chi connectivity index (χ1n) is 11.6. The van der Waals surface area contributed by atoms with Gasteiger partial charge >= 0.3 is 213 Å². The average molecular weight is 548 g/mol. The van der Waals surface area contributed by atoms with Crippen molar-refractivity contribution in [1.29, 1.82) is 0 Å². The van der Waals surface area contributed by atoms with E-state index in [4.69, 9.17) is 17.0 Å². The van der Waals surface area contributed by atoms with Crippen LogP contribution in [0, 0.1) is 13.8 Å². The van der Waals surface area contributed by atoms with E-state index in [1.54, 1.807) is 0 Å². The van der Waals surface area contributed by atoms with Crippen LogP contribution in [0.25, 0.3) is 22.3 Å². The summed E-state index contributed by atoms with van der Waals surface area (Å²) in [6.07, 6.45) is 2.93. The van der Waals surface area contributed by atoms with E-state index in [-0.39, 0.29) is 3.63 Å². The van der Waals surface area contributed by atoms with Gasteiger partial charge in [0.1, 0.15) is 0 Å². The van der Waals surface area contributed by atoms with Crippen molar-refractivity contribution in [2.24, 2.45) is 0 Å². The molecule has 33 heavy (non-hydrogen) atoms. The van der Waals surface area contributed by atoms with Crippen LogP contribution in [0.15, 0.2) is 72.8 Å². The minimum atomic E-state index is -2.64. The predicted molar refractivity (Wildman–Crippen MR) is 137 cm³/mol. The van der Waals surface area contributed by atoms with Crippen LogP contribution in [-0.4, -0.2) is 0 Å². The van der Waals surface area contributed by atoms with Gasteiger partial charge in [0.25, 0.3) is 0 Å². The third-order valence-electron chi connectivity index (χ3n) is 7.55. The summed E-state index contributed by atoms with van der Waals surface area (Å²) in [5.41, 5.74) is 16.9. The molecule has 0 amide bonds. The van der Waals surface area contributed by atoms with E-state index in [0.29, 0.717) is 0 Å². The zero-order chi connectivity index (χ0) is 22.7. The van der Waals surface area contributed by atoms with Crippen LogP contribution in [0.3, 0.4) is 0 Å². The first kappa shape index (κ1) is 21.8. The van der Waals surface area contributed by atoms with Crippen LogP contribution < -0.4 is 0 Å². The number of benzene rings is 4.